The molecule has 4 aromatic rings. The van der Waals surface area contributed by atoms with Crippen LogP contribution in [0.1, 0.15) is 26.3 Å². The van der Waals surface area contributed by atoms with E-state index in [1.54, 1.807) is 23.5 Å². The fourth-order valence-corrected chi connectivity index (χ4v) is 4.17. The molecule has 2 aromatic heterocycles. The number of hydrogen-bond donors (Lipinski definition) is 0. The van der Waals surface area contributed by atoms with Crippen molar-refractivity contribution in [3.63, 3.8) is 0 Å². The topological polar surface area (TPSA) is 38.9 Å². The van der Waals surface area contributed by atoms with E-state index < -0.39 is 0 Å². The van der Waals surface area contributed by atoms with Crippen LogP contribution in [0.4, 0.5) is 0 Å². The third kappa shape index (κ3) is 3.86. The van der Waals surface area contributed by atoms with Gasteiger partial charge in [-0.1, -0.05) is 73.4 Å². The summed E-state index contributed by atoms with van der Waals surface area (Å²) in [5.74, 6) is 0.606. The lowest BCUT2D eigenvalue weighted by molar-refractivity contribution is 0.434. The first-order valence-corrected chi connectivity index (χ1v) is 10.4. The van der Waals surface area contributed by atoms with E-state index in [2.05, 4.69) is 50.2 Å². The van der Waals surface area contributed by atoms with Crippen LogP contribution in [0.2, 0.25) is 10.0 Å². The molecule has 2 heterocycles. The Balaban J connectivity index is 1.61. The Kier molecular flexibility index (Phi) is 5.04. The van der Waals surface area contributed by atoms with Gasteiger partial charge >= 0.3 is 0 Å². The second-order valence-corrected chi connectivity index (χ2v) is 9.27. The van der Waals surface area contributed by atoms with E-state index in [0.29, 0.717) is 21.5 Å². The zero-order chi connectivity index (χ0) is 19.9. The maximum atomic E-state index is 6.27. The van der Waals surface area contributed by atoms with Crippen LogP contribution in [0.5, 0.6) is 0 Å². The lowest BCUT2D eigenvalue weighted by atomic mass is 9.87. The van der Waals surface area contributed by atoms with Crippen molar-refractivity contribution in [3.8, 4) is 33.3 Å². The third-order valence-electron chi connectivity index (χ3n) is 4.47. The molecular weight excluding hydrogens is 411 g/mol. The van der Waals surface area contributed by atoms with E-state index in [1.807, 2.05) is 17.5 Å². The molecule has 0 saturated heterocycles. The van der Waals surface area contributed by atoms with Crippen molar-refractivity contribution in [2.45, 2.75) is 26.2 Å². The molecule has 0 aliphatic carbocycles. The summed E-state index contributed by atoms with van der Waals surface area (Å²) in [6, 6.07) is 15.7. The predicted octanol–water partition coefficient (Wildman–Crippen LogP) is 7.74. The van der Waals surface area contributed by atoms with Crippen LogP contribution >= 0.6 is 34.5 Å². The Morgan fingerprint density at radius 1 is 0.929 bits per heavy atom. The first-order valence-electron chi connectivity index (χ1n) is 8.80. The molecule has 0 spiro atoms. The van der Waals surface area contributed by atoms with Crippen LogP contribution in [0.3, 0.4) is 0 Å². The Labute approximate surface area is 177 Å². The van der Waals surface area contributed by atoms with E-state index in [4.69, 9.17) is 32.7 Å². The maximum Gasteiger partial charge on any atom is 0.186 e. The van der Waals surface area contributed by atoms with Crippen LogP contribution in [0.15, 0.2) is 58.4 Å². The molecule has 0 amide bonds. The highest BCUT2D eigenvalue weighted by atomic mass is 35.5. The van der Waals surface area contributed by atoms with Crippen LogP contribution in [-0.4, -0.2) is 10.1 Å². The van der Waals surface area contributed by atoms with Crippen LogP contribution in [-0.2, 0) is 5.41 Å². The van der Waals surface area contributed by atoms with Crippen molar-refractivity contribution < 1.29 is 4.52 Å². The molecule has 0 saturated carbocycles. The van der Waals surface area contributed by atoms with Crippen LogP contribution in [0.25, 0.3) is 33.3 Å². The second-order valence-electron chi connectivity index (χ2n) is 7.57. The minimum absolute atomic E-state index is 0.131. The van der Waals surface area contributed by atoms with Gasteiger partial charge in [-0.2, -0.15) is 0 Å². The van der Waals surface area contributed by atoms with Crippen molar-refractivity contribution in [1.29, 1.82) is 0 Å². The quantitative estimate of drug-likeness (QED) is 0.334. The van der Waals surface area contributed by atoms with Gasteiger partial charge in [-0.25, -0.2) is 4.98 Å². The molecule has 4 rings (SSSR count). The third-order valence-corrected chi connectivity index (χ3v) is 5.91. The summed E-state index contributed by atoms with van der Waals surface area (Å²) in [6.07, 6.45) is 0. The second kappa shape index (κ2) is 7.36. The average Bonchev–Trinajstić information content (AvgIpc) is 3.30. The number of halogens is 2. The van der Waals surface area contributed by atoms with Gasteiger partial charge in [0.05, 0.1) is 5.02 Å². The normalized spacial score (nSPS) is 11.8. The molecule has 3 nitrogen and oxygen atoms in total. The molecule has 0 aliphatic rings. The minimum atomic E-state index is 0.131. The highest BCUT2D eigenvalue weighted by Gasteiger charge is 2.16. The fraction of sp³-hybridized carbons (Fsp3) is 0.182. The molecule has 0 radical (unpaired) electrons. The van der Waals surface area contributed by atoms with Crippen molar-refractivity contribution in [3.05, 3.63) is 69.5 Å². The molecule has 2 aromatic carbocycles. The lowest BCUT2D eigenvalue weighted by Gasteiger charge is -2.18. The first-order chi connectivity index (χ1) is 13.3. The van der Waals surface area contributed by atoms with Gasteiger partial charge in [-0.05, 0) is 29.2 Å². The zero-order valence-electron chi connectivity index (χ0n) is 15.7. The van der Waals surface area contributed by atoms with Gasteiger partial charge in [0.15, 0.2) is 5.76 Å². The summed E-state index contributed by atoms with van der Waals surface area (Å²) in [4.78, 5) is 4.72. The standard InChI is InChI=1S/C22H18Cl2N2OS/c1-22(2,3)14-6-4-13(5-7-14)21-25-19(12-28-21)20-11-18(26-27-20)16-9-8-15(23)10-17(16)24/h4-12H,1-3H3. The van der Waals surface area contributed by atoms with E-state index in [9.17, 15) is 0 Å². The van der Waals surface area contributed by atoms with Crippen molar-refractivity contribution in [2.75, 3.05) is 0 Å². The zero-order valence-corrected chi connectivity index (χ0v) is 18.0. The van der Waals surface area contributed by atoms with Gasteiger partial charge in [0.25, 0.3) is 0 Å². The lowest BCUT2D eigenvalue weighted by Crippen LogP contribution is -2.10. The summed E-state index contributed by atoms with van der Waals surface area (Å²) in [7, 11) is 0. The summed E-state index contributed by atoms with van der Waals surface area (Å²) in [5, 5.41) is 8.17. The van der Waals surface area contributed by atoms with Gasteiger partial charge in [0.1, 0.15) is 16.4 Å². The molecule has 0 aliphatic heterocycles. The summed E-state index contributed by atoms with van der Waals surface area (Å²) < 4.78 is 5.51. The van der Waals surface area contributed by atoms with E-state index in [0.717, 1.165) is 21.8 Å². The Morgan fingerprint density at radius 2 is 1.68 bits per heavy atom. The van der Waals surface area contributed by atoms with Crippen LogP contribution in [0, 0.1) is 0 Å². The molecule has 0 atom stereocenters. The highest BCUT2D eigenvalue weighted by Crippen LogP contribution is 2.34. The molecule has 0 N–H and O–H groups in total. The molecule has 0 bridgehead atoms. The van der Waals surface area contributed by atoms with Gasteiger partial charge in [-0.15, -0.1) is 11.3 Å². The summed E-state index contributed by atoms with van der Waals surface area (Å²) in [6.45, 7) is 6.62. The van der Waals surface area contributed by atoms with Crippen molar-refractivity contribution >= 4 is 34.5 Å². The average molecular weight is 429 g/mol. The van der Waals surface area contributed by atoms with Crippen molar-refractivity contribution in [2.24, 2.45) is 0 Å². The SMILES string of the molecule is CC(C)(C)c1ccc(-c2nc(-c3cc(-c4ccc(Cl)cc4Cl)no3)cs2)cc1. The molecule has 0 unspecified atom stereocenters. The molecule has 6 heteroatoms. The Bertz CT molecular complexity index is 1120. The number of benzene rings is 2. The molecular formula is C22H18Cl2N2OS. The van der Waals surface area contributed by atoms with E-state index in [-0.39, 0.29) is 5.41 Å². The number of hydrogen-bond acceptors (Lipinski definition) is 4. The number of thiazole rings is 1. The summed E-state index contributed by atoms with van der Waals surface area (Å²) >= 11 is 13.8. The molecule has 0 fully saturated rings. The number of rotatable bonds is 3. The first kappa shape index (κ1) is 19.2. The minimum Gasteiger partial charge on any atom is -0.354 e. The van der Waals surface area contributed by atoms with Crippen LogP contribution < -0.4 is 0 Å². The molecule has 28 heavy (non-hydrogen) atoms. The van der Waals surface area contributed by atoms with Gasteiger partial charge in [0, 0.05) is 27.6 Å². The Morgan fingerprint density at radius 3 is 2.36 bits per heavy atom. The van der Waals surface area contributed by atoms with Crippen molar-refractivity contribution in [1.82, 2.24) is 10.1 Å². The maximum absolute atomic E-state index is 6.27. The smallest absolute Gasteiger partial charge is 0.186 e. The monoisotopic (exact) mass is 428 g/mol. The van der Waals surface area contributed by atoms with Gasteiger partial charge < -0.3 is 4.52 Å². The van der Waals surface area contributed by atoms with Gasteiger partial charge in [-0.3, -0.25) is 0 Å². The molecule has 142 valence electrons. The fourth-order valence-electron chi connectivity index (χ4n) is 2.85. The predicted molar refractivity (Wildman–Crippen MR) is 117 cm³/mol. The highest BCUT2D eigenvalue weighted by molar-refractivity contribution is 7.13. The number of aromatic nitrogens is 2. The van der Waals surface area contributed by atoms with Gasteiger partial charge in [0.2, 0.25) is 0 Å². The number of nitrogens with zero attached hydrogens (tertiary/aromatic N) is 2. The summed E-state index contributed by atoms with van der Waals surface area (Å²) in [5.41, 5.74) is 4.70. The van der Waals surface area contributed by atoms with E-state index >= 15 is 0 Å². The largest absolute Gasteiger partial charge is 0.354 e. The van der Waals surface area contributed by atoms with E-state index in [1.165, 1.54) is 5.56 Å². The Hall–Kier alpha value is -2.14.